The minimum Gasteiger partial charge on any atom is -0.344 e. The predicted molar refractivity (Wildman–Crippen MR) is 120 cm³/mol. The van der Waals surface area contributed by atoms with Crippen molar-refractivity contribution < 1.29 is 9.59 Å². The molecular formula is C23H28N4O2S. The summed E-state index contributed by atoms with van der Waals surface area (Å²) < 4.78 is 2.00. The lowest BCUT2D eigenvalue weighted by Crippen LogP contribution is -2.49. The number of carbonyl (C=O) groups is 2. The summed E-state index contributed by atoms with van der Waals surface area (Å²) >= 11 is 1.60. The molecular weight excluding hydrogens is 396 g/mol. The molecule has 0 aliphatic heterocycles. The second-order valence-corrected chi connectivity index (χ2v) is 9.22. The molecule has 1 fully saturated rings. The summed E-state index contributed by atoms with van der Waals surface area (Å²) in [6.45, 7) is 3.91. The van der Waals surface area contributed by atoms with Gasteiger partial charge in [0.15, 0.2) is 4.96 Å². The zero-order valence-electron chi connectivity index (χ0n) is 17.4. The van der Waals surface area contributed by atoms with Crippen LogP contribution in [-0.4, -0.2) is 27.2 Å². The second kappa shape index (κ2) is 9.00. The Kier molecular flexibility index (Phi) is 6.18. The number of hydrogen-bond acceptors (Lipinski definition) is 4. The minimum atomic E-state index is -0.543. The molecule has 2 aromatic heterocycles. The van der Waals surface area contributed by atoms with Crippen molar-refractivity contribution in [3.05, 3.63) is 42.0 Å². The normalized spacial score (nSPS) is 16.0. The van der Waals surface area contributed by atoms with E-state index in [9.17, 15) is 9.59 Å². The topological polar surface area (TPSA) is 75.5 Å². The number of benzene rings is 1. The van der Waals surface area contributed by atoms with Gasteiger partial charge in [-0.3, -0.25) is 14.0 Å². The average molecular weight is 425 g/mol. The smallest absolute Gasteiger partial charge is 0.247 e. The van der Waals surface area contributed by atoms with E-state index in [1.807, 2.05) is 60.3 Å². The average Bonchev–Trinajstić information content (AvgIpc) is 3.35. The van der Waals surface area contributed by atoms with Crippen LogP contribution in [0.2, 0.25) is 0 Å². The van der Waals surface area contributed by atoms with E-state index in [0.717, 1.165) is 41.9 Å². The number of aromatic nitrogens is 2. The van der Waals surface area contributed by atoms with Crippen molar-refractivity contribution in [1.82, 2.24) is 14.7 Å². The molecule has 0 unspecified atom stereocenters. The number of nitrogens with zero attached hydrogens (tertiary/aromatic N) is 2. The second-order valence-electron chi connectivity index (χ2n) is 8.35. The number of rotatable bonds is 6. The first kappa shape index (κ1) is 20.6. The minimum absolute atomic E-state index is 0.00953. The molecule has 0 bridgehead atoms. The van der Waals surface area contributed by atoms with E-state index in [-0.39, 0.29) is 23.7 Å². The van der Waals surface area contributed by atoms with E-state index in [2.05, 4.69) is 15.6 Å². The first-order valence-electron chi connectivity index (χ1n) is 10.6. The van der Waals surface area contributed by atoms with Crippen LogP contribution in [0.15, 0.2) is 42.0 Å². The first-order valence-corrected chi connectivity index (χ1v) is 11.5. The standard InChI is InChI=1S/C23H28N4O2S/c1-15(2)20(26-21(28)17-6-4-3-5-7-17)22(29)24-18-10-8-16(9-11-18)19-14-27-12-13-30-23(27)25-19/h8-15,17,20H,3-7H2,1-2H3,(H,24,29)(H,26,28)/t20-/m0/s1. The molecule has 2 heterocycles. The van der Waals surface area contributed by atoms with Gasteiger partial charge in [-0.05, 0) is 30.9 Å². The van der Waals surface area contributed by atoms with Crippen molar-refractivity contribution in [3.8, 4) is 11.3 Å². The Hall–Kier alpha value is -2.67. The highest BCUT2D eigenvalue weighted by Gasteiger charge is 2.28. The highest BCUT2D eigenvalue weighted by atomic mass is 32.1. The van der Waals surface area contributed by atoms with E-state index in [1.165, 1.54) is 6.42 Å². The van der Waals surface area contributed by atoms with E-state index in [4.69, 9.17) is 0 Å². The van der Waals surface area contributed by atoms with Gasteiger partial charge in [0.2, 0.25) is 11.8 Å². The summed E-state index contributed by atoms with van der Waals surface area (Å²) in [5.41, 5.74) is 2.61. The molecule has 2 amide bonds. The van der Waals surface area contributed by atoms with Crippen molar-refractivity contribution >= 4 is 33.8 Å². The first-order chi connectivity index (χ1) is 14.5. The molecule has 1 aliphatic rings. The molecule has 7 heteroatoms. The lowest BCUT2D eigenvalue weighted by molar-refractivity contribution is -0.130. The SMILES string of the molecule is CC(C)[C@H](NC(=O)C1CCCCC1)C(=O)Nc1ccc(-c2cn3ccsc3n2)cc1. The van der Waals surface area contributed by atoms with E-state index in [0.29, 0.717) is 5.69 Å². The Morgan fingerprint density at radius 3 is 2.53 bits per heavy atom. The van der Waals surface area contributed by atoms with Gasteiger partial charge in [-0.15, -0.1) is 11.3 Å². The van der Waals surface area contributed by atoms with Gasteiger partial charge >= 0.3 is 0 Å². The summed E-state index contributed by atoms with van der Waals surface area (Å²) in [5.74, 6) is -0.116. The molecule has 0 spiro atoms. The zero-order valence-corrected chi connectivity index (χ0v) is 18.2. The fourth-order valence-electron chi connectivity index (χ4n) is 3.98. The van der Waals surface area contributed by atoms with Crippen molar-refractivity contribution in [1.29, 1.82) is 0 Å². The molecule has 4 rings (SSSR count). The third kappa shape index (κ3) is 4.56. The number of imidazole rings is 1. The van der Waals surface area contributed by atoms with E-state index >= 15 is 0 Å². The van der Waals surface area contributed by atoms with Crippen molar-refractivity contribution in [2.45, 2.75) is 52.0 Å². The van der Waals surface area contributed by atoms with E-state index in [1.54, 1.807) is 11.3 Å². The molecule has 30 heavy (non-hydrogen) atoms. The van der Waals surface area contributed by atoms with Crippen LogP contribution in [0.5, 0.6) is 0 Å². The fraction of sp³-hybridized carbons (Fsp3) is 0.435. The van der Waals surface area contributed by atoms with Gasteiger partial charge in [-0.2, -0.15) is 0 Å². The molecule has 1 saturated carbocycles. The highest BCUT2D eigenvalue weighted by Crippen LogP contribution is 2.25. The van der Waals surface area contributed by atoms with Crippen molar-refractivity contribution in [3.63, 3.8) is 0 Å². The van der Waals surface area contributed by atoms with Gasteiger partial charge < -0.3 is 10.6 Å². The number of carbonyl (C=O) groups excluding carboxylic acids is 2. The number of anilines is 1. The number of hydrogen-bond donors (Lipinski definition) is 2. The zero-order chi connectivity index (χ0) is 21.1. The van der Waals surface area contributed by atoms with Crippen LogP contribution in [0.3, 0.4) is 0 Å². The van der Waals surface area contributed by atoms with Crippen molar-refractivity contribution in [2.75, 3.05) is 5.32 Å². The number of thiazole rings is 1. The maximum absolute atomic E-state index is 12.9. The van der Waals surface area contributed by atoms with Crippen LogP contribution < -0.4 is 10.6 Å². The van der Waals surface area contributed by atoms with Crippen LogP contribution in [0, 0.1) is 11.8 Å². The molecule has 2 N–H and O–H groups in total. The summed E-state index contributed by atoms with van der Waals surface area (Å²) in [7, 11) is 0. The Morgan fingerprint density at radius 2 is 1.87 bits per heavy atom. The maximum Gasteiger partial charge on any atom is 0.247 e. The molecule has 0 radical (unpaired) electrons. The van der Waals surface area contributed by atoms with Gasteiger partial charge in [0, 0.05) is 34.9 Å². The molecule has 6 nitrogen and oxygen atoms in total. The Morgan fingerprint density at radius 1 is 1.13 bits per heavy atom. The Bertz CT molecular complexity index is 987. The number of fused-ring (bicyclic) bond motifs is 1. The summed E-state index contributed by atoms with van der Waals surface area (Å²) in [5, 5.41) is 7.95. The van der Waals surface area contributed by atoms with Gasteiger partial charge in [-0.1, -0.05) is 45.2 Å². The summed E-state index contributed by atoms with van der Waals surface area (Å²) in [4.78, 5) is 31.1. The third-order valence-electron chi connectivity index (χ3n) is 5.76. The molecule has 158 valence electrons. The molecule has 0 saturated heterocycles. The molecule has 1 aromatic carbocycles. The Labute approximate surface area is 180 Å². The maximum atomic E-state index is 12.9. The van der Waals surface area contributed by atoms with E-state index < -0.39 is 6.04 Å². The van der Waals surface area contributed by atoms with Crippen LogP contribution in [0.25, 0.3) is 16.2 Å². The van der Waals surface area contributed by atoms with Crippen LogP contribution in [0.4, 0.5) is 5.69 Å². The Balaban J connectivity index is 1.40. The van der Waals surface area contributed by atoms with Crippen molar-refractivity contribution in [2.24, 2.45) is 11.8 Å². The monoisotopic (exact) mass is 424 g/mol. The largest absolute Gasteiger partial charge is 0.344 e. The number of amides is 2. The fourth-order valence-corrected chi connectivity index (χ4v) is 4.68. The summed E-state index contributed by atoms with van der Waals surface area (Å²) in [6, 6.07) is 7.11. The molecule has 1 atom stereocenters. The molecule has 3 aromatic rings. The lowest BCUT2D eigenvalue weighted by atomic mass is 9.88. The number of nitrogens with one attached hydrogen (secondary N) is 2. The molecule has 1 aliphatic carbocycles. The lowest BCUT2D eigenvalue weighted by Gasteiger charge is -2.26. The van der Waals surface area contributed by atoms with Gasteiger partial charge in [0.25, 0.3) is 0 Å². The van der Waals surface area contributed by atoms with Crippen LogP contribution in [0.1, 0.15) is 46.0 Å². The van der Waals surface area contributed by atoms with Gasteiger partial charge in [0.1, 0.15) is 6.04 Å². The van der Waals surface area contributed by atoms with Crippen LogP contribution in [-0.2, 0) is 9.59 Å². The van der Waals surface area contributed by atoms with Crippen LogP contribution >= 0.6 is 11.3 Å². The third-order valence-corrected chi connectivity index (χ3v) is 6.54. The quantitative estimate of drug-likeness (QED) is 0.601. The highest BCUT2D eigenvalue weighted by molar-refractivity contribution is 7.15. The predicted octanol–water partition coefficient (Wildman–Crippen LogP) is 4.72. The van der Waals surface area contributed by atoms with Gasteiger partial charge in [0.05, 0.1) is 5.69 Å². The summed E-state index contributed by atoms with van der Waals surface area (Å²) in [6.07, 6.45) is 9.21. The van der Waals surface area contributed by atoms with Gasteiger partial charge in [-0.25, -0.2) is 4.98 Å².